The average molecular weight is 613 g/mol. The summed E-state index contributed by atoms with van der Waals surface area (Å²) in [5.74, 6) is -5.58. The summed E-state index contributed by atoms with van der Waals surface area (Å²) in [4.78, 5) is 55.7. The van der Waals surface area contributed by atoms with Crippen molar-refractivity contribution in [3.63, 3.8) is 0 Å². The first kappa shape index (κ1) is 33.5. The van der Waals surface area contributed by atoms with Gasteiger partial charge in [-0.05, 0) is 37.6 Å². The number of rotatable bonds is 3. The van der Waals surface area contributed by atoms with Crippen molar-refractivity contribution in [3.05, 3.63) is 46.4 Å². The minimum atomic E-state index is -5.08. The zero-order valence-electron chi connectivity index (χ0n) is 21.7. The topological polar surface area (TPSA) is 131 Å². The Bertz CT molecular complexity index is 1220. The van der Waals surface area contributed by atoms with Crippen molar-refractivity contribution in [2.75, 3.05) is 31.1 Å². The fraction of sp³-hybridized carbons (Fsp3) is 0.458. The lowest BCUT2D eigenvalue weighted by molar-refractivity contribution is -0.193. The molecule has 2 saturated heterocycles. The van der Waals surface area contributed by atoms with E-state index in [0.29, 0.717) is 6.54 Å². The number of alkyl halides is 6. The molecule has 226 valence electrons. The molecule has 1 spiro atoms. The maximum Gasteiger partial charge on any atom is 0.490 e. The highest BCUT2D eigenvalue weighted by atomic mass is 32.1. The summed E-state index contributed by atoms with van der Waals surface area (Å²) >= 11 is 1.82. The lowest BCUT2D eigenvalue weighted by Gasteiger charge is -2.48. The second-order valence-corrected chi connectivity index (χ2v) is 10.5. The number of hydrogen-bond acceptors (Lipinski definition) is 7. The van der Waals surface area contributed by atoms with Gasteiger partial charge in [-0.15, -0.1) is 11.3 Å². The number of carboxylic acid groups (broad SMARTS) is 2. The Labute approximate surface area is 233 Å². The molecule has 2 N–H and O–H groups in total. The van der Waals surface area contributed by atoms with Crippen molar-refractivity contribution in [2.45, 2.75) is 44.7 Å². The molecule has 41 heavy (non-hydrogen) atoms. The predicted octanol–water partition coefficient (Wildman–Crippen LogP) is 3.56. The van der Waals surface area contributed by atoms with Crippen LogP contribution in [0.5, 0.6) is 0 Å². The molecule has 1 atom stereocenters. The van der Waals surface area contributed by atoms with E-state index < -0.39 is 24.3 Å². The van der Waals surface area contributed by atoms with E-state index in [1.165, 1.54) is 9.75 Å². The fourth-order valence-electron chi connectivity index (χ4n) is 4.27. The number of nitrogens with zero attached hydrogens (tertiary/aromatic N) is 4. The molecule has 2 aromatic rings. The van der Waals surface area contributed by atoms with Crippen molar-refractivity contribution in [3.8, 4) is 0 Å². The molecule has 0 aromatic carbocycles. The summed E-state index contributed by atoms with van der Waals surface area (Å²) in [5, 5.41) is 14.2. The first-order chi connectivity index (χ1) is 18.9. The molecule has 1 unspecified atom stereocenters. The fourth-order valence-corrected chi connectivity index (χ4v) is 5.20. The minimum Gasteiger partial charge on any atom is -0.475 e. The summed E-state index contributed by atoms with van der Waals surface area (Å²) < 4.78 is 63.5. The third-order valence-electron chi connectivity index (χ3n) is 6.03. The number of aryl methyl sites for hydroxylation is 1. The molecule has 2 aliphatic rings. The second-order valence-electron chi connectivity index (χ2n) is 9.10. The van der Waals surface area contributed by atoms with Crippen LogP contribution in [0.25, 0.3) is 0 Å². The predicted molar refractivity (Wildman–Crippen MR) is 133 cm³/mol. The van der Waals surface area contributed by atoms with Gasteiger partial charge in [0.1, 0.15) is 6.54 Å². The van der Waals surface area contributed by atoms with Crippen LogP contribution in [-0.4, -0.2) is 92.8 Å². The number of hydrogen-bond donors (Lipinski definition) is 2. The highest BCUT2D eigenvalue weighted by molar-refractivity contribution is 7.11. The number of likely N-dealkylation sites (tertiary alicyclic amines) is 1. The van der Waals surface area contributed by atoms with Crippen molar-refractivity contribution in [1.82, 2.24) is 14.8 Å². The van der Waals surface area contributed by atoms with Crippen LogP contribution in [0.1, 0.15) is 23.1 Å². The number of pyridine rings is 1. The summed E-state index contributed by atoms with van der Waals surface area (Å²) in [7, 11) is 0. The maximum absolute atomic E-state index is 12.7. The summed E-state index contributed by atoms with van der Waals surface area (Å²) in [6.07, 6.45) is -5.87. The highest BCUT2D eigenvalue weighted by Crippen LogP contribution is 2.35. The zero-order valence-corrected chi connectivity index (χ0v) is 22.5. The molecule has 0 radical (unpaired) electrons. The van der Waals surface area contributed by atoms with E-state index in [1.54, 1.807) is 29.1 Å². The van der Waals surface area contributed by atoms with E-state index >= 15 is 0 Å². The van der Waals surface area contributed by atoms with Crippen LogP contribution >= 0.6 is 11.3 Å². The van der Waals surface area contributed by atoms with Gasteiger partial charge in [0.25, 0.3) is 0 Å². The molecule has 2 aromatic heterocycles. The Morgan fingerprint density at radius 2 is 1.61 bits per heavy atom. The molecule has 0 aliphatic carbocycles. The third kappa shape index (κ3) is 9.41. The lowest BCUT2D eigenvalue weighted by Crippen LogP contribution is -2.66. The Hall–Kier alpha value is -3.73. The van der Waals surface area contributed by atoms with Gasteiger partial charge in [-0.1, -0.05) is 0 Å². The van der Waals surface area contributed by atoms with Gasteiger partial charge < -0.3 is 20.0 Å². The molecule has 0 saturated carbocycles. The molecule has 4 heterocycles. The highest BCUT2D eigenvalue weighted by Gasteiger charge is 2.50. The Balaban J connectivity index is 0.000000349. The number of halogens is 6. The van der Waals surface area contributed by atoms with Crippen LogP contribution in [0.3, 0.4) is 0 Å². The van der Waals surface area contributed by atoms with Crippen molar-refractivity contribution in [2.24, 2.45) is 0 Å². The monoisotopic (exact) mass is 612 g/mol. The molecule has 4 rings (SSSR count). The van der Waals surface area contributed by atoms with Crippen LogP contribution in [-0.2, 0) is 25.7 Å². The number of amides is 2. The maximum atomic E-state index is 12.7. The van der Waals surface area contributed by atoms with Crippen LogP contribution in [0.2, 0.25) is 0 Å². The number of carbonyl (C=O) groups excluding carboxylic acids is 2. The Morgan fingerprint density at radius 3 is 2.05 bits per heavy atom. The van der Waals surface area contributed by atoms with Gasteiger partial charge in [0.05, 0.1) is 24.0 Å². The first-order valence-corrected chi connectivity index (χ1v) is 12.5. The Morgan fingerprint density at radius 1 is 1.02 bits per heavy atom. The van der Waals surface area contributed by atoms with E-state index in [0.717, 1.165) is 31.7 Å². The number of carboxylic acids is 2. The molecular weight excluding hydrogens is 586 g/mol. The second kappa shape index (κ2) is 13.3. The largest absolute Gasteiger partial charge is 0.490 e. The molecular formula is C24H26F6N4O6S. The van der Waals surface area contributed by atoms with E-state index in [9.17, 15) is 35.9 Å². The zero-order chi connectivity index (χ0) is 31.2. The van der Waals surface area contributed by atoms with E-state index in [1.807, 2.05) is 23.5 Å². The Kier molecular flexibility index (Phi) is 10.8. The van der Waals surface area contributed by atoms with Gasteiger partial charge in [0, 0.05) is 42.5 Å². The number of piperazine rings is 1. The first-order valence-electron chi connectivity index (χ1n) is 11.7. The van der Waals surface area contributed by atoms with Gasteiger partial charge in [-0.3, -0.25) is 19.5 Å². The summed E-state index contributed by atoms with van der Waals surface area (Å²) in [5.41, 5.74) is 0.472. The number of anilines is 1. The molecule has 2 aliphatic heterocycles. The molecule has 2 amide bonds. The van der Waals surface area contributed by atoms with Crippen LogP contribution in [0.4, 0.5) is 32.0 Å². The van der Waals surface area contributed by atoms with E-state index in [4.69, 9.17) is 19.8 Å². The van der Waals surface area contributed by atoms with E-state index in [2.05, 4.69) is 28.9 Å². The van der Waals surface area contributed by atoms with Crippen LogP contribution < -0.4 is 4.90 Å². The molecule has 0 bridgehead atoms. The van der Waals surface area contributed by atoms with Gasteiger partial charge in [-0.25, -0.2) is 9.59 Å². The number of carbonyl (C=O) groups is 4. The number of aliphatic carboxylic acids is 2. The standard InChI is InChI=1S/C20H24N4O2S.2C2HF3O2/c1-15-5-6-18(27-15)11-22-9-7-20(13-22)14-23(17-4-3-8-21-10-17)19(26)12-24(20)16(2)25;2*3-2(4,5)1(6)7/h3-6,8,10H,7,9,11-14H2,1-2H3;2*(H,6,7). The van der Waals surface area contributed by atoms with E-state index in [-0.39, 0.29) is 23.9 Å². The minimum absolute atomic E-state index is 0.0250. The normalized spacial score (nSPS) is 19.3. The van der Waals surface area contributed by atoms with Crippen LogP contribution in [0, 0.1) is 6.92 Å². The van der Waals surface area contributed by atoms with Crippen molar-refractivity contribution >= 4 is 40.8 Å². The number of thiophene rings is 1. The quantitative estimate of drug-likeness (QED) is 0.504. The van der Waals surface area contributed by atoms with Gasteiger partial charge >= 0.3 is 24.3 Å². The summed E-state index contributed by atoms with van der Waals surface area (Å²) in [6, 6.07) is 8.08. The van der Waals surface area contributed by atoms with Crippen molar-refractivity contribution in [1.29, 1.82) is 0 Å². The van der Waals surface area contributed by atoms with Crippen LogP contribution in [0.15, 0.2) is 36.7 Å². The lowest BCUT2D eigenvalue weighted by atomic mass is 9.92. The van der Waals surface area contributed by atoms with Gasteiger partial charge in [-0.2, -0.15) is 26.3 Å². The smallest absolute Gasteiger partial charge is 0.475 e. The molecule has 2 fully saturated rings. The number of aromatic nitrogens is 1. The molecule has 17 heteroatoms. The third-order valence-corrected chi connectivity index (χ3v) is 7.01. The molecule has 10 nitrogen and oxygen atoms in total. The van der Waals surface area contributed by atoms with Gasteiger partial charge in [0.2, 0.25) is 11.8 Å². The average Bonchev–Trinajstić information content (AvgIpc) is 3.46. The van der Waals surface area contributed by atoms with Crippen molar-refractivity contribution < 1.29 is 55.7 Å². The van der Waals surface area contributed by atoms with Gasteiger partial charge in [0.15, 0.2) is 0 Å². The summed E-state index contributed by atoms with van der Waals surface area (Å²) in [6.45, 7) is 6.96. The SMILES string of the molecule is CC(=O)N1CC(=O)N(c2cccnc2)CC12CCN(Cc1ccc(C)s1)C2.O=C(O)C(F)(F)F.O=C(O)C(F)(F)F.